The topological polar surface area (TPSA) is 18.5 Å². The van der Waals surface area contributed by atoms with Crippen molar-refractivity contribution >= 4 is 15.9 Å². The third kappa shape index (κ3) is 4.14. The Kier molecular flexibility index (Phi) is 5.85. The van der Waals surface area contributed by atoms with Gasteiger partial charge >= 0.3 is 0 Å². The van der Waals surface area contributed by atoms with Gasteiger partial charge in [0.15, 0.2) is 0 Å². The van der Waals surface area contributed by atoms with Crippen molar-refractivity contribution in [1.29, 1.82) is 0 Å². The smallest absolute Gasteiger partial charge is 0.119 e. The van der Waals surface area contributed by atoms with Crippen molar-refractivity contribution in [2.75, 3.05) is 20.3 Å². The van der Waals surface area contributed by atoms with Crippen molar-refractivity contribution < 1.29 is 9.47 Å². The summed E-state index contributed by atoms with van der Waals surface area (Å²) in [6.07, 6.45) is 2.08. The van der Waals surface area contributed by atoms with Gasteiger partial charge in [-0.15, -0.1) is 0 Å². The van der Waals surface area contributed by atoms with Crippen molar-refractivity contribution in [3.05, 3.63) is 27.7 Å². The third-order valence-electron chi connectivity index (χ3n) is 2.42. The van der Waals surface area contributed by atoms with Crippen molar-refractivity contribution in [3.63, 3.8) is 0 Å². The lowest BCUT2D eigenvalue weighted by Crippen LogP contribution is -2.00. The summed E-state index contributed by atoms with van der Waals surface area (Å²) in [5.41, 5.74) is 2.43. The summed E-state index contributed by atoms with van der Waals surface area (Å²) in [4.78, 5) is 0. The van der Waals surface area contributed by atoms with Gasteiger partial charge in [-0.05, 0) is 49.9 Å². The maximum atomic E-state index is 5.69. The molecule has 0 aliphatic heterocycles. The number of unbranched alkanes of at least 4 members (excludes halogenated alkanes) is 1. The lowest BCUT2D eigenvalue weighted by Gasteiger charge is -2.10. The van der Waals surface area contributed by atoms with Crippen LogP contribution in [0, 0.1) is 13.8 Å². The molecule has 0 heterocycles. The summed E-state index contributed by atoms with van der Waals surface area (Å²) < 4.78 is 11.8. The van der Waals surface area contributed by atoms with E-state index in [0.29, 0.717) is 0 Å². The molecule has 3 heteroatoms. The summed E-state index contributed by atoms with van der Waals surface area (Å²) in [6.45, 7) is 5.72. The summed E-state index contributed by atoms with van der Waals surface area (Å²) in [5, 5.41) is 0. The SMILES string of the molecule is COCCCCOc1cc(C)c(Br)c(C)c1. The van der Waals surface area contributed by atoms with E-state index in [1.54, 1.807) is 7.11 Å². The minimum atomic E-state index is 0.754. The Morgan fingerprint density at radius 1 is 1.06 bits per heavy atom. The fourth-order valence-electron chi connectivity index (χ4n) is 1.53. The van der Waals surface area contributed by atoms with Gasteiger partial charge in [-0.1, -0.05) is 15.9 Å². The first kappa shape index (κ1) is 13.5. The standard InChI is InChI=1S/C13H19BrO2/c1-10-8-12(9-11(2)13(10)14)16-7-5-4-6-15-3/h8-9H,4-7H2,1-3H3. The fraction of sp³-hybridized carbons (Fsp3) is 0.538. The van der Waals surface area contributed by atoms with Gasteiger partial charge < -0.3 is 9.47 Å². The first-order valence-electron chi connectivity index (χ1n) is 5.53. The van der Waals surface area contributed by atoms with E-state index in [-0.39, 0.29) is 0 Å². The third-order valence-corrected chi connectivity index (χ3v) is 3.67. The molecule has 16 heavy (non-hydrogen) atoms. The van der Waals surface area contributed by atoms with Gasteiger partial charge in [0.2, 0.25) is 0 Å². The molecule has 0 fully saturated rings. The molecule has 2 nitrogen and oxygen atoms in total. The Balaban J connectivity index is 2.43. The molecule has 1 aromatic carbocycles. The summed E-state index contributed by atoms with van der Waals surface area (Å²) in [7, 11) is 1.72. The molecule has 0 bridgehead atoms. The van der Waals surface area contributed by atoms with E-state index in [2.05, 4.69) is 41.9 Å². The number of rotatable bonds is 6. The maximum absolute atomic E-state index is 5.69. The van der Waals surface area contributed by atoms with E-state index in [1.807, 2.05) is 0 Å². The van der Waals surface area contributed by atoms with E-state index < -0.39 is 0 Å². The van der Waals surface area contributed by atoms with E-state index in [0.717, 1.165) is 31.8 Å². The van der Waals surface area contributed by atoms with Gasteiger partial charge in [-0.3, -0.25) is 0 Å². The van der Waals surface area contributed by atoms with Crippen LogP contribution in [0.3, 0.4) is 0 Å². The molecular formula is C13H19BrO2. The second kappa shape index (κ2) is 6.92. The minimum Gasteiger partial charge on any atom is -0.494 e. The van der Waals surface area contributed by atoms with Crippen molar-refractivity contribution in [1.82, 2.24) is 0 Å². The number of benzene rings is 1. The largest absolute Gasteiger partial charge is 0.494 e. The second-order valence-corrected chi connectivity index (χ2v) is 4.71. The quantitative estimate of drug-likeness (QED) is 0.739. The zero-order valence-electron chi connectivity index (χ0n) is 10.2. The average Bonchev–Trinajstić information content (AvgIpc) is 2.25. The van der Waals surface area contributed by atoms with Crippen molar-refractivity contribution in [3.8, 4) is 5.75 Å². The van der Waals surface area contributed by atoms with Gasteiger partial charge in [0.05, 0.1) is 6.61 Å². The van der Waals surface area contributed by atoms with E-state index in [9.17, 15) is 0 Å². The van der Waals surface area contributed by atoms with Crippen LogP contribution in [-0.2, 0) is 4.74 Å². The normalized spacial score (nSPS) is 10.5. The van der Waals surface area contributed by atoms with Crippen LogP contribution >= 0.6 is 15.9 Å². The molecule has 0 N–H and O–H groups in total. The van der Waals surface area contributed by atoms with Crippen LogP contribution < -0.4 is 4.74 Å². The van der Waals surface area contributed by atoms with Crippen molar-refractivity contribution in [2.24, 2.45) is 0 Å². The molecule has 0 unspecified atom stereocenters. The monoisotopic (exact) mass is 286 g/mol. The molecule has 0 amide bonds. The zero-order valence-corrected chi connectivity index (χ0v) is 11.8. The highest BCUT2D eigenvalue weighted by atomic mass is 79.9. The Labute approximate surface area is 106 Å². The second-order valence-electron chi connectivity index (χ2n) is 3.92. The number of methoxy groups -OCH3 is 1. The first-order valence-corrected chi connectivity index (χ1v) is 6.33. The summed E-state index contributed by atoms with van der Waals surface area (Å²) in [5.74, 6) is 0.954. The van der Waals surface area contributed by atoms with E-state index >= 15 is 0 Å². The molecule has 0 spiro atoms. The Morgan fingerprint density at radius 3 is 2.19 bits per heavy atom. The molecule has 90 valence electrons. The first-order chi connectivity index (χ1) is 7.65. The zero-order chi connectivity index (χ0) is 12.0. The van der Waals surface area contributed by atoms with Crippen LogP contribution in [0.5, 0.6) is 5.75 Å². The highest BCUT2D eigenvalue weighted by Crippen LogP contribution is 2.26. The maximum Gasteiger partial charge on any atom is 0.119 e. The van der Waals surface area contributed by atoms with E-state index in [4.69, 9.17) is 9.47 Å². The molecule has 1 rings (SSSR count). The van der Waals surface area contributed by atoms with Gasteiger partial charge in [0, 0.05) is 18.2 Å². The van der Waals surface area contributed by atoms with Crippen molar-refractivity contribution in [2.45, 2.75) is 26.7 Å². The molecule has 0 atom stereocenters. The number of aryl methyl sites for hydroxylation is 2. The van der Waals surface area contributed by atoms with Crippen LogP contribution in [0.4, 0.5) is 0 Å². The molecule has 0 saturated carbocycles. The summed E-state index contributed by atoms with van der Waals surface area (Å²) >= 11 is 3.54. The lowest BCUT2D eigenvalue weighted by atomic mass is 10.1. The predicted molar refractivity (Wildman–Crippen MR) is 70.2 cm³/mol. The lowest BCUT2D eigenvalue weighted by molar-refractivity contribution is 0.184. The minimum absolute atomic E-state index is 0.754. The van der Waals surface area contributed by atoms with Crippen LogP contribution in [0.2, 0.25) is 0 Å². The number of ether oxygens (including phenoxy) is 2. The Morgan fingerprint density at radius 2 is 1.62 bits per heavy atom. The number of hydrogen-bond acceptors (Lipinski definition) is 2. The molecule has 0 aliphatic rings. The average molecular weight is 287 g/mol. The molecule has 0 aromatic heterocycles. The molecule has 0 saturated heterocycles. The van der Waals surface area contributed by atoms with Gasteiger partial charge in [0.1, 0.15) is 5.75 Å². The molecular weight excluding hydrogens is 268 g/mol. The van der Waals surface area contributed by atoms with Gasteiger partial charge in [-0.25, -0.2) is 0 Å². The van der Waals surface area contributed by atoms with E-state index in [1.165, 1.54) is 15.6 Å². The highest BCUT2D eigenvalue weighted by Gasteiger charge is 2.02. The highest BCUT2D eigenvalue weighted by molar-refractivity contribution is 9.10. The summed E-state index contributed by atoms with van der Waals surface area (Å²) in [6, 6.07) is 4.13. The number of hydrogen-bond donors (Lipinski definition) is 0. The van der Waals surface area contributed by atoms with Crippen LogP contribution in [0.15, 0.2) is 16.6 Å². The van der Waals surface area contributed by atoms with Gasteiger partial charge in [0.25, 0.3) is 0 Å². The van der Waals surface area contributed by atoms with Gasteiger partial charge in [-0.2, -0.15) is 0 Å². The molecule has 0 aliphatic carbocycles. The fourth-order valence-corrected chi connectivity index (χ4v) is 1.76. The molecule has 1 aromatic rings. The Bertz CT molecular complexity index is 314. The molecule has 0 radical (unpaired) electrons. The van der Waals surface area contributed by atoms with Crippen LogP contribution in [0.1, 0.15) is 24.0 Å². The predicted octanol–water partition coefficient (Wildman–Crippen LogP) is 3.87. The van der Waals surface area contributed by atoms with Crippen LogP contribution in [0.25, 0.3) is 0 Å². The van der Waals surface area contributed by atoms with Crippen LogP contribution in [-0.4, -0.2) is 20.3 Å². The Hall–Kier alpha value is -0.540. The number of halogens is 1.